The fourth-order valence-electron chi connectivity index (χ4n) is 3.64. The first kappa shape index (κ1) is 13.6. The minimum Gasteiger partial charge on any atom is -0.325 e. The van der Waals surface area contributed by atoms with Crippen LogP contribution in [0.2, 0.25) is 0 Å². The number of amides is 1. The van der Waals surface area contributed by atoms with E-state index >= 15 is 0 Å². The van der Waals surface area contributed by atoms with Crippen LogP contribution < -0.4 is 5.32 Å². The lowest BCUT2D eigenvalue weighted by Crippen LogP contribution is -2.41. The lowest BCUT2D eigenvalue weighted by Gasteiger charge is -2.31. The molecule has 0 spiro atoms. The third kappa shape index (κ3) is 2.59. The van der Waals surface area contributed by atoms with Crippen molar-refractivity contribution in [1.82, 2.24) is 10.2 Å². The van der Waals surface area contributed by atoms with Crippen molar-refractivity contribution in [3.8, 4) is 0 Å². The van der Waals surface area contributed by atoms with E-state index in [2.05, 4.69) is 17.1 Å². The molecule has 3 nitrogen and oxygen atoms in total. The van der Waals surface area contributed by atoms with Crippen LogP contribution in [0.4, 0.5) is 0 Å². The van der Waals surface area contributed by atoms with E-state index in [0.29, 0.717) is 18.6 Å². The van der Waals surface area contributed by atoms with Crippen LogP contribution in [0.25, 0.3) is 0 Å². The maximum absolute atomic E-state index is 12.7. The topological polar surface area (TPSA) is 32.3 Å². The zero-order valence-electron chi connectivity index (χ0n) is 12.2. The van der Waals surface area contributed by atoms with Gasteiger partial charge in [-0.15, -0.1) is 0 Å². The number of hydrogen-bond acceptors (Lipinski definition) is 2. The van der Waals surface area contributed by atoms with Crippen LogP contribution in [0.1, 0.15) is 50.6 Å². The van der Waals surface area contributed by atoms with Gasteiger partial charge in [-0.3, -0.25) is 10.1 Å². The van der Waals surface area contributed by atoms with Gasteiger partial charge in [-0.1, -0.05) is 56.5 Å². The Balaban J connectivity index is 1.75. The van der Waals surface area contributed by atoms with E-state index in [1.165, 1.54) is 25.7 Å². The molecule has 1 N–H and O–H groups in total. The largest absolute Gasteiger partial charge is 0.325 e. The Bertz CT molecular complexity index is 459. The average molecular weight is 272 g/mol. The van der Waals surface area contributed by atoms with E-state index in [9.17, 15) is 4.79 Å². The Morgan fingerprint density at radius 1 is 1.10 bits per heavy atom. The molecule has 0 aromatic heterocycles. The first-order chi connectivity index (χ1) is 9.77. The van der Waals surface area contributed by atoms with E-state index in [-0.39, 0.29) is 11.9 Å². The van der Waals surface area contributed by atoms with Crippen molar-refractivity contribution in [2.24, 2.45) is 5.92 Å². The SMILES string of the molecule is CC1CCCCCC1N1CNC(c2ccccc2)C1=O. The maximum Gasteiger partial charge on any atom is 0.245 e. The molecule has 108 valence electrons. The summed E-state index contributed by atoms with van der Waals surface area (Å²) in [6, 6.07) is 10.3. The highest BCUT2D eigenvalue weighted by atomic mass is 16.2. The lowest BCUT2D eigenvalue weighted by molar-refractivity contribution is -0.132. The van der Waals surface area contributed by atoms with Crippen molar-refractivity contribution in [1.29, 1.82) is 0 Å². The van der Waals surface area contributed by atoms with Gasteiger partial charge in [-0.25, -0.2) is 0 Å². The third-order valence-electron chi connectivity index (χ3n) is 4.85. The average Bonchev–Trinajstić information content (AvgIpc) is 2.72. The molecule has 1 aliphatic heterocycles. The Hall–Kier alpha value is -1.35. The van der Waals surface area contributed by atoms with Crippen molar-refractivity contribution >= 4 is 5.91 Å². The number of benzene rings is 1. The van der Waals surface area contributed by atoms with Crippen molar-refractivity contribution in [3.05, 3.63) is 35.9 Å². The van der Waals surface area contributed by atoms with Crippen LogP contribution in [0.15, 0.2) is 30.3 Å². The summed E-state index contributed by atoms with van der Waals surface area (Å²) < 4.78 is 0. The van der Waals surface area contributed by atoms with Crippen molar-refractivity contribution in [2.75, 3.05) is 6.67 Å². The van der Waals surface area contributed by atoms with E-state index < -0.39 is 0 Å². The quantitative estimate of drug-likeness (QED) is 0.839. The molecule has 3 heteroatoms. The number of hydrogen-bond donors (Lipinski definition) is 1. The summed E-state index contributed by atoms with van der Waals surface area (Å²) in [5.41, 5.74) is 1.08. The lowest BCUT2D eigenvalue weighted by atomic mass is 9.95. The van der Waals surface area contributed by atoms with Gasteiger partial charge in [-0.2, -0.15) is 0 Å². The molecule has 0 bridgehead atoms. The van der Waals surface area contributed by atoms with Crippen LogP contribution in [-0.4, -0.2) is 23.5 Å². The third-order valence-corrected chi connectivity index (χ3v) is 4.85. The molecule has 1 saturated heterocycles. The predicted molar refractivity (Wildman–Crippen MR) is 80.1 cm³/mol. The molecule has 1 heterocycles. The monoisotopic (exact) mass is 272 g/mol. The summed E-state index contributed by atoms with van der Waals surface area (Å²) in [6.07, 6.45) is 6.31. The molecule has 3 unspecified atom stereocenters. The maximum atomic E-state index is 12.7. The minimum absolute atomic E-state index is 0.147. The highest BCUT2D eigenvalue weighted by Crippen LogP contribution is 2.31. The second-order valence-electron chi connectivity index (χ2n) is 6.20. The standard InChI is InChI=1S/C17H24N2O/c1-13-8-4-2-7-11-15(13)19-12-18-16(17(19)20)14-9-5-3-6-10-14/h3,5-6,9-10,13,15-16,18H,2,4,7-8,11-12H2,1H3. The summed E-state index contributed by atoms with van der Waals surface area (Å²) >= 11 is 0. The van der Waals surface area contributed by atoms with Gasteiger partial charge in [0.1, 0.15) is 6.04 Å². The van der Waals surface area contributed by atoms with Crippen LogP contribution in [-0.2, 0) is 4.79 Å². The molecule has 1 aromatic rings. The summed E-state index contributed by atoms with van der Waals surface area (Å²) in [5, 5.41) is 3.39. The fraction of sp³-hybridized carbons (Fsp3) is 0.588. The second-order valence-corrected chi connectivity index (χ2v) is 6.20. The fourth-order valence-corrected chi connectivity index (χ4v) is 3.64. The minimum atomic E-state index is -0.147. The van der Waals surface area contributed by atoms with Crippen LogP contribution in [0, 0.1) is 5.92 Å². The predicted octanol–water partition coefficient (Wildman–Crippen LogP) is 3.09. The van der Waals surface area contributed by atoms with Gasteiger partial charge in [0.25, 0.3) is 0 Å². The molecular formula is C17H24N2O. The smallest absolute Gasteiger partial charge is 0.245 e. The van der Waals surface area contributed by atoms with Crippen molar-refractivity contribution in [2.45, 2.75) is 51.1 Å². The molecule has 2 aliphatic rings. The molecule has 0 radical (unpaired) electrons. The molecule has 1 saturated carbocycles. The normalized spacial score (nSPS) is 31.4. The van der Waals surface area contributed by atoms with E-state index in [1.807, 2.05) is 30.3 Å². The van der Waals surface area contributed by atoms with Gasteiger partial charge in [0, 0.05) is 6.04 Å². The Morgan fingerprint density at radius 3 is 2.65 bits per heavy atom. The van der Waals surface area contributed by atoms with Gasteiger partial charge in [-0.05, 0) is 24.3 Å². The molecule has 2 fully saturated rings. The number of rotatable bonds is 2. The summed E-state index contributed by atoms with van der Waals surface area (Å²) in [5.74, 6) is 0.882. The molecule has 3 rings (SSSR count). The number of nitrogens with one attached hydrogen (secondary N) is 1. The van der Waals surface area contributed by atoms with E-state index in [4.69, 9.17) is 0 Å². The van der Waals surface area contributed by atoms with E-state index in [1.54, 1.807) is 0 Å². The molecular weight excluding hydrogens is 248 g/mol. The van der Waals surface area contributed by atoms with Gasteiger partial charge in [0.2, 0.25) is 5.91 Å². The summed E-state index contributed by atoms with van der Waals surface area (Å²) in [4.78, 5) is 14.8. The molecule has 3 atom stereocenters. The van der Waals surface area contributed by atoms with Crippen LogP contribution in [0.5, 0.6) is 0 Å². The van der Waals surface area contributed by atoms with Gasteiger partial charge in [0.15, 0.2) is 0 Å². The Morgan fingerprint density at radius 2 is 1.85 bits per heavy atom. The molecule has 1 aromatic carbocycles. The zero-order valence-corrected chi connectivity index (χ0v) is 12.2. The number of carbonyl (C=O) groups is 1. The van der Waals surface area contributed by atoms with Gasteiger partial charge >= 0.3 is 0 Å². The number of carbonyl (C=O) groups excluding carboxylic acids is 1. The highest BCUT2D eigenvalue weighted by molar-refractivity contribution is 5.85. The van der Waals surface area contributed by atoms with Crippen molar-refractivity contribution in [3.63, 3.8) is 0 Å². The highest BCUT2D eigenvalue weighted by Gasteiger charge is 2.38. The van der Waals surface area contributed by atoms with Crippen LogP contribution >= 0.6 is 0 Å². The zero-order chi connectivity index (χ0) is 13.9. The first-order valence-electron chi connectivity index (χ1n) is 7.86. The number of nitrogens with zero attached hydrogens (tertiary/aromatic N) is 1. The Kier molecular flexibility index (Phi) is 4.06. The van der Waals surface area contributed by atoms with Gasteiger partial charge in [0.05, 0.1) is 6.67 Å². The van der Waals surface area contributed by atoms with Gasteiger partial charge < -0.3 is 4.90 Å². The van der Waals surface area contributed by atoms with Crippen LogP contribution in [0.3, 0.4) is 0 Å². The summed E-state index contributed by atoms with van der Waals surface area (Å²) in [7, 11) is 0. The Labute approximate surface area is 121 Å². The molecule has 20 heavy (non-hydrogen) atoms. The summed E-state index contributed by atoms with van der Waals surface area (Å²) in [6.45, 7) is 3.01. The molecule has 1 aliphatic carbocycles. The first-order valence-corrected chi connectivity index (χ1v) is 7.86. The van der Waals surface area contributed by atoms with E-state index in [0.717, 1.165) is 12.0 Å². The second kappa shape index (κ2) is 5.96. The van der Waals surface area contributed by atoms with Crippen molar-refractivity contribution < 1.29 is 4.79 Å². The molecule has 1 amide bonds.